The number of rotatable bonds is 2. The highest BCUT2D eigenvalue weighted by Gasteiger charge is 2.25. The van der Waals surface area contributed by atoms with E-state index in [1.54, 1.807) is 0 Å². The lowest BCUT2D eigenvalue weighted by molar-refractivity contribution is 0.191. The molecule has 0 aromatic heterocycles. The van der Waals surface area contributed by atoms with E-state index in [4.69, 9.17) is 5.73 Å². The quantitative estimate of drug-likeness (QED) is 0.601. The first-order valence-corrected chi connectivity index (χ1v) is 3.94. The molecule has 1 rings (SSSR count). The molecule has 2 N–H and O–H groups in total. The molecule has 1 fully saturated rings. The molecule has 1 saturated carbocycles. The molecule has 0 bridgehead atoms. The van der Waals surface area contributed by atoms with Gasteiger partial charge in [0.2, 0.25) is 0 Å². The minimum absolute atomic E-state index is 0.419. The van der Waals surface area contributed by atoms with Crippen molar-refractivity contribution in [2.45, 2.75) is 39.2 Å². The second kappa shape index (κ2) is 2.70. The molecule has 0 spiro atoms. The molecule has 0 radical (unpaired) electrons. The highest BCUT2D eigenvalue weighted by molar-refractivity contribution is 4.78. The highest BCUT2D eigenvalue weighted by Crippen LogP contribution is 2.35. The molecule has 0 aromatic carbocycles. The maximum atomic E-state index is 5.65. The third-order valence-corrected chi connectivity index (χ3v) is 2.18. The summed E-state index contributed by atoms with van der Waals surface area (Å²) in [7, 11) is 0. The molecule has 0 aliphatic heterocycles. The number of nitrogens with two attached hydrogens (primary N) is 1. The van der Waals surface area contributed by atoms with Gasteiger partial charge < -0.3 is 5.73 Å². The smallest absolute Gasteiger partial charge is 0.00131 e. The fraction of sp³-hybridized carbons (Fsp3) is 1.00. The van der Waals surface area contributed by atoms with Crippen LogP contribution in [-0.2, 0) is 0 Å². The van der Waals surface area contributed by atoms with E-state index in [9.17, 15) is 0 Å². The molecule has 1 unspecified atom stereocenters. The monoisotopic (exact) mass is 127 g/mol. The van der Waals surface area contributed by atoms with Gasteiger partial charge in [-0.2, -0.15) is 0 Å². The fourth-order valence-corrected chi connectivity index (χ4v) is 1.79. The molecule has 9 heavy (non-hydrogen) atoms. The van der Waals surface area contributed by atoms with Crippen molar-refractivity contribution >= 4 is 0 Å². The van der Waals surface area contributed by atoms with Crippen LogP contribution < -0.4 is 5.73 Å². The largest absolute Gasteiger partial charge is 0.328 e. The van der Waals surface area contributed by atoms with Gasteiger partial charge in [-0.05, 0) is 38.0 Å². The predicted octanol–water partition coefficient (Wildman–Crippen LogP) is 1.77. The summed E-state index contributed by atoms with van der Waals surface area (Å²) in [6, 6.07) is 0.419. The first-order chi connectivity index (χ1) is 4.18. The van der Waals surface area contributed by atoms with E-state index in [1.165, 1.54) is 19.3 Å². The Morgan fingerprint density at radius 1 is 1.56 bits per heavy atom. The molecule has 0 heterocycles. The van der Waals surface area contributed by atoms with Gasteiger partial charge in [0.25, 0.3) is 0 Å². The molecule has 54 valence electrons. The van der Waals surface area contributed by atoms with Gasteiger partial charge in [0, 0.05) is 6.04 Å². The van der Waals surface area contributed by atoms with Crippen LogP contribution in [0.2, 0.25) is 0 Å². The van der Waals surface area contributed by atoms with E-state index in [1.807, 2.05) is 0 Å². The van der Waals surface area contributed by atoms with Gasteiger partial charge in [0.05, 0.1) is 0 Å². The third-order valence-electron chi connectivity index (χ3n) is 2.18. The van der Waals surface area contributed by atoms with Crippen LogP contribution in [0.15, 0.2) is 0 Å². The Labute approximate surface area is 57.6 Å². The van der Waals surface area contributed by atoms with Gasteiger partial charge in [-0.3, -0.25) is 0 Å². The van der Waals surface area contributed by atoms with E-state index in [2.05, 4.69) is 13.8 Å². The molecular weight excluding hydrogens is 110 g/mol. The minimum atomic E-state index is 0.419. The van der Waals surface area contributed by atoms with E-state index in [-0.39, 0.29) is 0 Å². The van der Waals surface area contributed by atoms with Crippen LogP contribution >= 0.6 is 0 Å². The summed E-state index contributed by atoms with van der Waals surface area (Å²) in [5, 5.41) is 0. The van der Waals surface area contributed by atoms with Crippen molar-refractivity contribution < 1.29 is 0 Å². The Bertz CT molecular complexity index is 82.6. The SMILES string of the molecule is CC(N)CC1CC(C)C1. The zero-order chi connectivity index (χ0) is 6.85. The zero-order valence-electron chi connectivity index (χ0n) is 6.43. The Hall–Kier alpha value is -0.0400. The van der Waals surface area contributed by atoms with Gasteiger partial charge in [0.15, 0.2) is 0 Å². The summed E-state index contributed by atoms with van der Waals surface area (Å²) in [6.07, 6.45) is 4.08. The first kappa shape index (κ1) is 7.07. The van der Waals surface area contributed by atoms with Crippen LogP contribution in [0, 0.1) is 11.8 Å². The van der Waals surface area contributed by atoms with E-state index in [0.29, 0.717) is 6.04 Å². The molecule has 1 nitrogen and oxygen atoms in total. The van der Waals surface area contributed by atoms with Gasteiger partial charge >= 0.3 is 0 Å². The van der Waals surface area contributed by atoms with Crippen molar-refractivity contribution in [2.24, 2.45) is 17.6 Å². The van der Waals surface area contributed by atoms with Crippen LogP contribution in [0.25, 0.3) is 0 Å². The van der Waals surface area contributed by atoms with E-state index in [0.717, 1.165) is 11.8 Å². The average molecular weight is 127 g/mol. The summed E-state index contributed by atoms with van der Waals surface area (Å²) in [6.45, 7) is 4.42. The highest BCUT2D eigenvalue weighted by atomic mass is 14.6. The van der Waals surface area contributed by atoms with Crippen molar-refractivity contribution in [1.82, 2.24) is 0 Å². The van der Waals surface area contributed by atoms with Crippen LogP contribution in [-0.4, -0.2) is 6.04 Å². The lowest BCUT2D eigenvalue weighted by Gasteiger charge is -2.33. The van der Waals surface area contributed by atoms with Crippen LogP contribution in [0.1, 0.15) is 33.1 Å². The summed E-state index contributed by atoms with van der Waals surface area (Å²) < 4.78 is 0. The van der Waals surface area contributed by atoms with Crippen LogP contribution in [0.4, 0.5) is 0 Å². The third kappa shape index (κ3) is 1.98. The summed E-state index contributed by atoms with van der Waals surface area (Å²) in [5.41, 5.74) is 5.65. The second-order valence-corrected chi connectivity index (χ2v) is 3.66. The van der Waals surface area contributed by atoms with Crippen molar-refractivity contribution in [3.8, 4) is 0 Å². The van der Waals surface area contributed by atoms with Crippen molar-refractivity contribution in [2.75, 3.05) is 0 Å². The van der Waals surface area contributed by atoms with Gasteiger partial charge in [-0.1, -0.05) is 6.92 Å². The van der Waals surface area contributed by atoms with E-state index >= 15 is 0 Å². The van der Waals surface area contributed by atoms with Gasteiger partial charge in [-0.25, -0.2) is 0 Å². The van der Waals surface area contributed by atoms with Gasteiger partial charge in [0.1, 0.15) is 0 Å². The molecule has 0 aromatic rings. The van der Waals surface area contributed by atoms with Crippen molar-refractivity contribution in [3.05, 3.63) is 0 Å². The first-order valence-electron chi connectivity index (χ1n) is 3.94. The second-order valence-electron chi connectivity index (χ2n) is 3.66. The Morgan fingerprint density at radius 2 is 2.11 bits per heavy atom. The Kier molecular flexibility index (Phi) is 2.12. The lowest BCUT2D eigenvalue weighted by atomic mass is 9.73. The Balaban J connectivity index is 2.04. The molecule has 0 amide bonds. The van der Waals surface area contributed by atoms with Crippen molar-refractivity contribution in [3.63, 3.8) is 0 Å². The predicted molar refractivity (Wildman–Crippen MR) is 40.2 cm³/mol. The molecule has 1 heteroatoms. The summed E-state index contributed by atoms with van der Waals surface area (Å²) in [4.78, 5) is 0. The summed E-state index contributed by atoms with van der Waals surface area (Å²) in [5.74, 6) is 1.94. The number of hydrogen-bond donors (Lipinski definition) is 1. The zero-order valence-corrected chi connectivity index (χ0v) is 6.43. The average Bonchev–Trinajstić information content (AvgIpc) is 1.60. The Morgan fingerprint density at radius 3 is 2.44 bits per heavy atom. The van der Waals surface area contributed by atoms with Crippen LogP contribution in [0.5, 0.6) is 0 Å². The normalized spacial score (nSPS) is 37.7. The molecule has 0 saturated heterocycles. The maximum absolute atomic E-state index is 5.65. The topological polar surface area (TPSA) is 26.0 Å². The molecule has 1 aliphatic carbocycles. The maximum Gasteiger partial charge on any atom is 0.00131 e. The molecule has 1 atom stereocenters. The number of hydrogen-bond acceptors (Lipinski definition) is 1. The molecular formula is C8H17N. The van der Waals surface area contributed by atoms with E-state index < -0.39 is 0 Å². The summed E-state index contributed by atoms with van der Waals surface area (Å²) >= 11 is 0. The standard InChI is InChI=1S/C8H17N/c1-6-3-8(4-6)5-7(2)9/h6-8H,3-5,9H2,1-2H3. The fourth-order valence-electron chi connectivity index (χ4n) is 1.79. The van der Waals surface area contributed by atoms with Crippen molar-refractivity contribution in [1.29, 1.82) is 0 Å². The lowest BCUT2D eigenvalue weighted by Crippen LogP contribution is -2.28. The van der Waals surface area contributed by atoms with Crippen LogP contribution in [0.3, 0.4) is 0 Å². The minimum Gasteiger partial charge on any atom is -0.328 e. The van der Waals surface area contributed by atoms with Gasteiger partial charge in [-0.15, -0.1) is 0 Å². The molecule has 1 aliphatic rings.